The number of methoxy groups -OCH3 is 1. The lowest BCUT2D eigenvalue weighted by Crippen LogP contribution is -1.96. The van der Waals surface area contributed by atoms with Crippen LogP contribution in [0, 0.1) is 0 Å². The summed E-state index contributed by atoms with van der Waals surface area (Å²) in [5, 5.41) is 8.84. The van der Waals surface area contributed by atoms with E-state index in [1.54, 1.807) is 7.11 Å². The van der Waals surface area contributed by atoms with Crippen LogP contribution in [0.5, 0.6) is 5.75 Å². The van der Waals surface area contributed by atoms with E-state index in [0.717, 1.165) is 11.3 Å². The molecule has 0 aliphatic carbocycles. The van der Waals surface area contributed by atoms with E-state index in [2.05, 4.69) is 0 Å². The van der Waals surface area contributed by atoms with Crippen LogP contribution in [0.3, 0.4) is 0 Å². The van der Waals surface area contributed by atoms with Gasteiger partial charge in [0.25, 0.3) is 0 Å². The molecule has 70 valence electrons. The summed E-state index contributed by atoms with van der Waals surface area (Å²) in [6.07, 6.45) is -0.0301. The Morgan fingerprint density at radius 1 is 1.46 bits per heavy atom. The largest absolute Gasteiger partial charge is 0.496 e. The Labute approximate surface area is 76.9 Å². The molecule has 0 aromatic heterocycles. The predicted octanol–water partition coefficient (Wildman–Crippen LogP) is 1.13. The van der Waals surface area contributed by atoms with Crippen molar-refractivity contribution in [3.05, 3.63) is 29.8 Å². The monoisotopic (exact) mass is 180 g/mol. The topological polar surface area (TPSA) is 42.0 Å². The molecule has 1 aromatic rings. The highest BCUT2D eigenvalue weighted by molar-refractivity contribution is 5.37. The van der Waals surface area contributed by atoms with E-state index in [4.69, 9.17) is 14.6 Å². The van der Waals surface area contributed by atoms with Crippen molar-refractivity contribution in [2.75, 3.05) is 13.7 Å². The highest BCUT2D eigenvalue weighted by atomic mass is 16.6. The molecule has 13 heavy (non-hydrogen) atoms. The van der Waals surface area contributed by atoms with Crippen LogP contribution < -0.4 is 4.74 Å². The van der Waals surface area contributed by atoms with E-state index in [9.17, 15) is 0 Å². The predicted molar refractivity (Wildman–Crippen MR) is 47.7 cm³/mol. The fourth-order valence-electron chi connectivity index (χ4n) is 1.46. The molecular formula is C10H12O3. The molecule has 2 atom stereocenters. The van der Waals surface area contributed by atoms with E-state index in [0.29, 0.717) is 0 Å². The molecule has 2 rings (SSSR count). The number of rotatable bonds is 3. The first-order valence-corrected chi connectivity index (χ1v) is 4.26. The van der Waals surface area contributed by atoms with Gasteiger partial charge in [0.15, 0.2) is 0 Å². The SMILES string of the molecule is COc1ccccc1C1OC1CO. The Hall–Kier alpha value is -1.06. The molecule has 0 amide bonds. The molecule has 3 heteroatoms. The van der Waals surface area contributed by atoms with Gasteiger partial charge in [0.2, 0.25) is 0 Å². The highest BCUT2D eigenvalue weighted by Crippen LogP contribution is 2.42. The number of hydrogen-bond donors (Lipinski definition) is 1. The van der Waals surface area contributed by atoms with Crippen molar-refractivity contribution in [2.24, 2.45) is 0 Å². The van der Waals surface area contributed by atoms with Gasteiger partial charge in [-0.2, -0.15) is 0 Å². The number of epoxide rings is 1. The van der Waals surface area contributed by atoms with E-state index in [1.807, 2.05) is 24.3 Å². The van der Waals surface area contributed by atoms with Gasteiger partial charge >= 0.3 is 0 Å². The molecule has 0 saturated carbocycles. The fraction of sp³-hybridized carbons (Fsp3) is 0.400. The van der Waals surface area contributed by atoms with Crippen molar-refractivity contribution in [3.63, 3.8) is 0 Å². The van der Waals surface area contributed by atoms with Gasteiger partial charge in [-0.25, -0.2) is 0 Å². The third-order valence-corrected chi connectivity index (χ3v) is 2.21. The van der Waals surface area contributed by atoms with Gasteiger partial charge in [0.1, 0.15) is 18.0 Å². The molecule has 0 spiro atoms. The van der Waals surface area contributed by atoms with Crippen molar-refractivity contribution >= 4 is 0 Å². The van der Waals surface area contributed by atoms with Crippen LogP contribution in [0.4, 0.5) is 0 Å². The first-order chi connectivity index (χ1) is 6.36. The standard InChI is InChI=1S/C10H12O3/c1-12-8-5-3-2-4-7(8)10-9(6-11)13-10/h2-5,9-11H,6H2,1H3. The van der Waals surface area contributed by atoms with Crippen molar-refractivity contribution in [1.82, 2.24) is 0 Å². The molecule has 1 aliphatic heterocycles. The lowest BCUT2D eigenvalue weighted by Gasteiger charge is -2.04. The average Bonchev–Trinajstić information content (AvgIpc) is 2.96. The number of para-hydroxylation sites is 1. The van der Waals surface area contributed by atoms with Crippen LogP contribution in [-0.2, 0) is 4.74 Å². The summed E-state index contributed by atoms with van der Waals surface area (Å²) in [4.78, 5) is 0. The van der Waals surface area contributed by atoms with E-state index >= 15 is 0 Å². The number of aliphatic hydroxyl groups is 1. The Balaban J connectivity index is 2.20. The second-order valence-electron chi connectivity index (χ2n) is 3.02. The zero-order valence-corrected chi connectivity index (χ0v) is 7.43. The Kier molecular flexibility index (Phi) is 2.20. The van der Waals surface area contributed by atoms with Crippen molar-refractivity contribution in [2.45, 2.75) is 12.2 Å². The Bertz CT molecular complexity index is 298. The second kappa shape index (κ2) is 3.36. The molecule has 0 radical (unpaired) electrons. The minimum absolute atomic E-state index is 0.0150. The van der Waals surface area contributed by atoms with Gasteiger partial charge in [-0.1, -0.05) is 18.2 Å². The molecule has 1 saturated heterocycles. The van der Waals surface area contributed by atoms with Gasteiger partial charge in [-0.3, -0.25) is 0 Å². The van der Waals surface area contributed by atoms with Gasteiger partial charge < -0.3 is 14.6 Å². The van der Waals surface area contributed by atoms with Crippen LogP contribution in [0.15, 0.2) is 24.3 Å². The van der Waals surface area contributed by atoms with E-state index < -0.39 is 0 Å². The summed E-state index contributed by atoms with van der Waals surface area (Å²) >= 11 is 0. The normalized spacial score (nSPS) is 25.7. The zero-order chi connectivity index (χ0) is 9.26. The average molecular weight is 180 g/mol. The lowest BCUT2D eigenvalue weighted by molar-refractivity contribution is 0.242. The fourth-order valence-corrected chi connectivity index (χ4v) is 1.46. The molecular weight excluding hydrogens is 168 g/mol. The van der Waals surface area contributed by atoms with Crippen LogP contribution in [0.25, 0.3) is 0 Å². The highest BCUT2D eigenvalue weighted by Gasteiger charge is 2.41. The molecule has 1 heterocycles. The van der Waals surface area contributed by atoms with Gasteiger partial charge in [0, 0.05) is 5.56 Å². The molecule has 3 nitrogen and oxygen atoms in total. The summed E-state index contributed by atoms with van der Waals surface area (Å²) in [6.45, 7) is 0.0721. The van der Waals surface area contributed by atoms with Crippen LogP contribution in [0.1, 0.15) is 11.7 Å². The summed E-state index contributed by atoms with van der Waals surface area (Å²) < 4.78 is 10.4. The Morgan fingerprint density at radius 2 is 2.23 bits per heavy atom. The maximum absolute atomic E-state index is 8.84. The molecule has 0 bridgehead atoms. The summed E-state index contributed by atoms with van der Waals surface area (Å²) in [6, 6.07) is 7.71. The van der Waals surface area contributed by atoms with E-state index in [-0.39, 0.29) is 18.8 Å². The Morgan fingerprint density at radius 3 is 2.85 bits per heavy atom. The minimum atomic E-state index is -0.0451. The maximum Gasteiger partial charge on any atom is 0.124 e. The summed E-state index contributed by atoms with van der Waals surface area (Å²) in [7, 11) is 1.63. The maximum atomic E-state index is 8.84. The minimum Gasteiger partial charge on any atom is -0.496 e. The summed E-state index contributed by atoms with van der Waals surface area (Å²) in [5.41, 5.74) is 1.02. The quantitative estimate of drug-likeness (QED) is 0.709. The van der Waals surface area contributed by atoms with Crippen molar-refractivity contribution < 1.29 is 14.6 Å². The molecule has 1 aromatic carbocycles. The van der Waals surface area contributed by atoms with Crippen LogP contribution in [0.2, 0.25) is 0 Å². The van der Waals surface area contributed by atoms with Gasteiger partial charge in [0.05, 0.1) is 13.7 Å². The smallest absolute Gasteiger partial charge is 0.124 e. The van der Waals surface area contributed by atoms with Crippen LogP contribution >= 0.6 is 0 Å². The number of aliphatic hydroxyl groups excluding tert-OH is 1. The summed E-state index contributed by atoms with van der Waals surface area (Å²) in [5.74, 6) is 0.823. The second-order valence-corrected chi connectivity index (χ2v) is 3.02. The number of hydrogen-bond acceptors (Lipinski definition) is 3. The third-order valence-electron chi connectivity index (χ3n) is 2.21. The molecule has 1 N–H and O–H groups in total. The number of ether oxygens (including phenoxy) is 2. The van der Waals surface area contributed by atoms with E-state index in [1.165, 1.54) is 0 Å². The first-order valence-electron chi connectivity index (χ1n) is 4.26. The van der Waals surface area contributed by atoms with Gasteiger partial charge in [-0.05, 0) is 6.07 Å². The van der Waals surface area contributed by atoms with Crippen molar-refractivity contribution in [3.8, 4) is 5.75 Å². The molecule has 1 aliphatic rings. The molecule has 2 unspecified atom stereocenters. The molecule has 1 fully saturated rings. The third kappa shape index (κ3) is 1.53. The number of benzene rings is 1. The lowest BCUT2D eigenvalue weighted by atomic mass is 10.1. The van der Waals surface area contributed by atoms with Crippen molar-refractivity contribution in [1.29, 1.82) is 0 Å². The zero-order valence-electron chi connectivity index (χ0n) is 7.43. The van der Waals surface area contributed by atoms with Crippen LogP contribution in [-0.4, -0.2) is 24.9 Å². The first kappa shape index (κ1) is 8.53. The van der Waals surface area contributed by atoms with Gasteiger partial charge in [-0.15, -0.1) is 0 Å².